The summed E-state index contributed by atoms with van der Waals surface area (Å²) in [4.78, 5) is 18.0. The molecule has 0 N–H and O–H groups in total. The lowest BCUT2D eigenvalue weighted by atomic mass is 10.0. The lowest BCUT2D eigenvalue weighted by molar-refractivity contribution is 0.0528. The predicted molar refractivity (Wildman–Crippen MR) is 94.6 cm³/mol. The summed E-state index contributed by atoms with van der Waals surface area (Å²) < 4.78 is 48.8. The highest BCUT2D eigenvalue weighted by Gasteiger charge is 2.32. The molecule has 3 heterocycles. The number of hydrogen-bond acceptors (Lipinski definition) is 5. The van der Waals surface area contributed by atoms with Crippen LogP contribution in [0, 0.1) is 17.5 Å². The maximum Gasteiger partial charge on any atom is 0.343 e. The fourth-order valence-corrected chi connectivity index (χ4v) is 3.55. The topological polar surface area (TPSA) is 59.7 Å². The van der Waals surface area contributed by atoms with Gasteiger partial charge in [0, 0.05) is 12.1 Å². The maximum absolute atomic E-state index is 14.7. The normalized spacial score (nSPS) is 16.7. The molecular formula is C19H17F3N4O2. The molecule has 9 heteroatoms. The number of ether oxygens (including phenoxy) is 1. The molecule has 0 spiro atoms. The summed E-state index contributed by atoms with van der Waals surface area (Å²) in [7, 11) is 0. The number of benzene rings is 1. The second-order valence-electron chi connectivity index (χ2n) is 6.48. The lowest BCUT2D eigenvalue weighted by Crippen LogP contribution is -2.26. The molecule has 0 amide bonds. The van der Waals surface area contributed by atoms with E-state index in [0.29, 0.717) is 19.4 Å². The van der Waals surface area contributed by atoms with Gasteiger partial charge in [-0.05, 0) is 38.0 Å². The smallest absolute Gasteiger partial charge is 0.343 e. The van der Waals surface area contributed by atoms with Crippen molar-refractivity contribution in [3.8, 4) is 0 Å². The molecule has 1 aromatic carbocycles. The molecule has 6 nitrogen and oxygen atoms in total. The summed E-state index contributed by atoms with van der Waals surface area (Å²) in [5.41, 5.74) is 0.397. The highest BCUT2D eigenvalue weighted by Crippen LogP contribution is 2.38. The summed E-state index contributed by atoms with van der Waals surface area (Å²) in [6, 6.07) is 2.66. The quantitative estimate of drug-likeness (QED) is 0.637. The first-order chi connectivity index (χ1) is 13.5. The van der Waals surface area contributed by atoms with Gasteiger partial charge in [-0.3, -0.25) is 0 Å². The van der Waals surface area contributed by atoms with Crippen LogP contribution >= 0.6 is 0 Å². The molecule has 1 fully saturated rings. The minimum atomic E-state index is -0.672. The molecule has 0 saturated carbocycles. The minimum absolute atomic E-state index is 0.0373. The Morgan fingerprint density at radius 3 is 2.89 bits per heavy atom. The zero-order chi connectivity index (χ0) is 19.8. The SMILES string of the molecule is CCOC(=O)c1cnn2cc(F)c(N3CCC[C@@H]3c3cc(F)ccc3F)nc12. The fourth-order valence-electron chi connectivity index (χ4n) is 3.55. The summed E-state index contributed by atoms with van der Waals surface area (Å²) in [5.74, 6) is -2.44. The number of rotatable bonds is 4. The molecule has 1 atom stereocenters. The van der Waals surface area contributed by atoms with Gasteiger partial charge in [-0.25, -0.2) is 27.5 Å². The van der Waals surface area contributed by atoms with Gasteiger partial charge in [0.1, 0.15) is 17.2 Å². The molecule has 1 aliphatic heterocycles. The summed E-state index contributed by atoms with van der Waals surface area (Å²) in [6.45, 7) is 2.27. The second kappa shape index (κ2) is 7.14. The molecule has 4 rings (SSSR count). The Bertz CT molecular complexity index is 1050. The lowest BCUT2D eigenvalue weighted by Gasteiger charge is -2.26. The van der Waals surface area contributed by atoms with Crippen LogP contribution < -0.4 is 4.90 Å². The van der Waals surface area contributed by atoms with E-state index in [-0.39, 0.29) is 29.2 Å². The molecule has 1 aliphatic rings. The Kier molecular flexibility index (Phi) is 4.66. The first-order valence-electron chi connectivity index (χ1n) is 8.92. The van der Waals surface area contributed by atoms with Gasteiger partial charge in [-0.15, -0.1) is 0 Å². The Morgan fingerprint density at radius 2 is 2.11 bits per heavy atom. The van der Waals surface area contributed by atoms with Crippen molar-refractivity contribution in [2.24, 2.45) is 0 Å². The largest absolute Gasteiger partial charge is 0.462 e. The highest BCUT2D eigenvalue weighted by molar-refractivity contribution is 5.95. The minimum Gasteiger partial charge on any atom is -0.462 e. The first kappa shape index (κ1) is 18.3. The van der Waals surface area contributed by atoms with E-state index in [1.165, 1.54) is 6.20 Å². The fraction of sp³-hybridized carbons (Fsp3) is 0.316. The van der Waals surface area contributed by atoms with Crippen molar-refractivity contribution in [1.82, 2.24) is 14.6 Å². The van der Waals surface area contributed by atoms with Crippen molar-refractivity contribution in [1.29, 1.82) is 0 Å². The van der Waals surface area contributed by atoms with Gasteiger partial charge in [-0.2, -0.15) is 5.10 Å². The van der Waals surface area contributed by atoms with Gasteiger partial charge in [0.15, 0.2) is 17.3 Å². The van der Waals surface area contributed by atoms with Crippen LogP contribution in [0.25, 0.3) is 5.65 Å². The van der Waals surface area contributed by atoms with Gasteiger partial charge in [0.2, 0.25) is 0 Å². The number of halogens is 3. The summed E-state index contributed by atoms with van der Waals surface area (Å²) in [5, 5.41) is 3.94. The van der Waals surface area contributed by atoms with Crippen molar-refractivity contribution in [2.45, 2.75) is 25.8 Å². The standard InChI is InChI=1S/C19H17F3N4O2/c1-2-28-19(27)13-9-23-26-10-15(22)18(24-17(13)26)25-7-3-4-16(25)12-8-11(20)5-6-14(12)21/h5-6,8-10,16H,2-4,7H2,1H3/t16-/m1/s1. The van der Waals surface area contributed by atoms with E-state index >= 15 is 0 Å². The Morgan fingerprint density at radius 1 is 1.29 bits per heavy atom. The van der Waals surface area contributed by atoms with E-state index in [4.69, 9.17) is 4.74 Å². The van der Waals surface area contributed by atoms with Gasteiger partial charge in [0.05, 0.1) is 25.0 Å². The highest BCUT2D eigenvalue weighted by atomic mass is 19.1. The molecule has 0 bridgehead atoms. The number of esters is 1. The molecule has 2 aromatic heterocycles. The molecule has 146 valence electrons. The van der Waals surface area contributed by atoms with Gasteiger partial charge < -0.3 is 9.64 Å². The summed E-state index contributed by atoms with van der Waals surface area (Å²) >= 11 is 0. The van der Waals surface area contributed by atoms with E-state index in [1.807, 2.05) is 0 Å². The van der Waals surface area contributed by atoms with E-state index in [2.05, 4.69) is 10.1 Å². The average molecular weight is 390 g/mol. The zero-order valence-corrected chi connectivity index (χ0v) is 15.0. The van der Waals surface area contributed by atoms with Crippen molar-refractivity contribution < 1.29 is 22.7 Å². The number of aromatic nitrogens is 3. The molecule has 1 saturated heterocycles. The van der Waals surface area contributed by atoms with Gasteiger partial charge in [0.25, 0.3) is 0 Å². The third-order valence-corrected chi connectivity index (χ3v) is 4.77. The predicted octanol–water partition coefficient (Wildman–Crippen LogP) is 3.66. The Balaban J connectivity index is 1.79. The maximum atomic E-state index is 14.7. The average Bonchev–Trinajstić information content (AvgIpc) is 3.29. The molecule has 0 unspecified atom stereocenters. The number of nitrogens with zero attached hydrogens (tertiary/aromatic N) is 4. The van der Waals surface area contributed by atoms with Crippen LogP contribution in [-0.2, 0) is 4.74 Å². The second-order valence-corrected chi connectivity index (χ2v) is 6.48. The van der Waals surface area contributed by atoms with Gasteiger partial charge >= 0.3 is 5.97 Å². The Labute approximate surface area is 158 Å². The third kappa shape index (κ3) is 3.06. The third-order valence-electron chi connectivity index (χ3n) is 4.77. The van der Waals surface area contributed by atoms with Crippen molar-refractivity contribution in [3.05, 3.63) is 59.2 Å². The summed E-state index contributed by atoms with van der Waals surface area (Å²) in [6.07, 6.45) is 3.56. The van der Waals surface area contributed by atoms with Crippen LogP contribution in [0.5, 0.6) is 0 Å². The molecule has 28 heavy (non-hydrogen) atoms. The van der Waals surface area contributed by atoms with Crippen molar-refractivity contribution in [3.63, 3.8) is 0 Å². The number of fused-ring (bicyclic) bond motifs is 1. The van der Waals surface area contributed by atoms with Crippen LogP contribution in [0.2, 0.25) is 0 Å². The van der Waals surface area contributed by atoms with E-state index < -0.39 is 29.5 Å². The van der Waals surface area contributed by atoms with Crippen LogP contribution in [-0.4, -0.2) is 33.7 Å². The Hall–Kier alpha value is -3.10. The van der Waals surface area contributed by atoms with Gasteiger partial charge in [-0.1, -0.05) is 0 Å². The molecule has 0 radical (unpaired) electrons. The van der Waals surface area contributed by atoms with Crippen LogP contribution in [0.15, 0.2) is 30.6 Å². The van der Waals surface area contributed by atoms with Crippen molar-refractivity contribution >= 4 is 17.4 Å². The van der Waals surface area contributed by atoms with Crippen LogP contribution in [0.1, 0.15) is 41.7 Å². The number of carbonyl (C=O) groups is 1. The monoisotopic (exact) mass is 390 g/mol. The molecular weight excluding hydrogens is 373 g/mol. The molecule has 3 aromatic rings. The number of anilines is 1. The van der Waals surface area contributed by atoms with Crippen LogP contribution in [0.4, 0.5) is 19.0 Å². The number of carbonyl (C=O) groups excluding carboxylic acids is 1. The first-order valence-corrected chi connectivity index (χ1v) is 8.92. The number of hydrogen-bond donors (Lipinski definition) is 0. The molecule has 0 aliphatic carbocycles. The van der Waals surface area contributed by atoms with E-state index in [1.54, 1.807) is 11.8 Å². The van der Waals surface area contributed by atoms with Crippen LogP contribution in [0.3, 0.4) is 0 Å². The zero-order valence-electron chi connectivity index (χ0n) is 15.0. The van der Waals surface area contributed by atoms with E-state index in [9.17, 15) is 18.0 Å². The van der Waals surface area contributed by atoms with Crippen molar-refractivity contribution in [2.75, 3.05) is 18.1 Å². The van der Waals surface area contributed by atoms with E-state index in [0.717, 1.165) is 28.9 Å².